The smallest absolute Gasteiger partial charge is 0.149 e. The Morgan fingerprint density at radius 2 is 1.59 bits per heavy atom. The third kappa shape index (κ3) is 1.88. The summed E-state index contributed by atoms with van der Waals surface area (Å²) in [6.45, 7) is 8.23. The Kier molecular flexibility index (Phi) is 2.84. The highest BCUT2D eigenvalue weighted by Gasteiger charge is 2.12. The maximum Gasteiger partial charge on any atom is 0.149 e. The lowest BCUT2D eigenvalue weighted by Gasteiger charge is -2.12. The zero-order valence-electron chi connectivity index (χ0n) is 10.7. The minimum atomic E-state index is 0.511. The first-order valence-corrected chi connectivity index (χ1v) is 5.68. The van der Waals surface area contributed by atoms with Crippen LogP contribution in [0.15, 0.2) is 18.2 Å². The summed E-state index contributed by atoms with van der Waals surface area (Å²) >= 11 is 0. The van der Waals surface area contributed by atoms with E-state index in [0.717, 1.165) is 22.4 Å². The molecule has 0 aliphatic rings. The predicted octanol–water partition coefficient (Wildman–Crippen LogP) is 2.96. The summed E-state index contributed by atoms with van der Waals surface area (Å²) in [6.07, 6.45) is 0. The number of nitrogens with two attached hydrogens (primary N) is 1. The standard InChI is InChI=1S/C14H17N3/c1-8-6-5-7-12(9(8)2)13-10(3)11(4)14(15)17-16-13/h5-7H,1-4H3,(H2,15,17). The first-order chi connectivity index (χ1) is 8.02. The molecule has 0 saturated heterocycles. The van der Waals surface area contributed by atoms with Crippen LogP contribution < -0.4 is 5.73 Å². The van der Waals surface area contributed by atoms with E-state index >= 15 is 0 Å². The van der Waals surface area contributed by atoms with Gasteiger partial charge in [0.05, 0.1) is 5.69 Å². The van der Waals surface area contributed by atoms with E-state index in [-0.39, 0.29) is 0 Å². The van der Waals surface area contributed by atoms with Gasteiger partial charge in [-0.3, -0.25) is 0 Å². The van der Waals surface area contributed by atoms with Gasteiger partial charge in [0.2, 0.25) is 0 Å². The molecule has 0 saturated carbocycles. The van der Waals surface area contributed by atoms with Crippen LogP contribution in [-0.2, 0) is 0 Å². The van der Waals surface area contributed by atoms with E-state index in [4.69, 9.17) is 5.73 Å². The van der Waals surface area contributed by atoms with Gasteiger partial charge in [0.15, 0.2) is 0 Å². The second kappa shape index (κ2) is 4.17. The quantitative estimate of drug-likeness (QED) is 0.814. The van der Waals surface area contributed by atoms with Crippen molar-refractivity contribution < 1.29 is 0 Å². The van der Waals surface area contributed by atoms with Crippen LogP contribution in [0.5, 0.6) is 0 Å². The van der Waals surface area contributed by atoms with Crippen LogP contribution in [0, 0.1) is 27.7 Å². The summed E-state index contributed by atoms with van der Waals surface area (Å²) in [5.74, 6) is 0.511. The SMILES string of the molecule is Cc1cccc(-c2nnc(N)c(C)c2C)c1C. The number of rotatable bonds is 1. The molecule has 1 aromatic heterocycles. The van der Waals surface area contributed by atoms with Crippen molar-refractivity contribution in [1.29, 1.82) is 0 Å². The van der Waals surface area contributed by atoms with Crippen molar-refractivity contribution in [3.8, 4) is 11.3 Å². The number of nitrogens with zero attached hydrogens (tertiary/aromatic N) is 2. The topological polar surface area (TPSA) is 51.8 Å². The third-order valence-electron chi connectivity index (χ3n) is 3.42. The van der Waals surface area contributed by atoms with E-state index in [0.29, 0.717) is 5.82 Å². The Hall–Kier alpha value is -1.90. The lowest BCUT2D eigenvalue weighted by atomic mass is 9.97. The van der Waals surface area contributed by atoms with Crippen LogP contribution >= 0.6 is 0 Å². The van der Waals surface area contributed by atoms with Gasteiger partial charge in [-0.2, -0.15) is 0 Å². The molecule has 0 atom stereocenters. The number of aromatic nitrogens is 2. The monoisotopic (exact) mass is 227 g/mol. The maximum atomic E-state index is 5.76. The molecule has 3 heteroatoms. The minimum absolute atomic E-state index is 0.511. The molecule has 2 aromatic rings. The van der Waals surface area contributed by atoms with Gasteiger partial charge in [0.25, 0.3) is 0 Å². The molecule has 1 aromatic carbocycles. The predicted molar refractivity (Wildman–Crippen MR) is 70.8 cm³/mol. The van der Waals surface area contributed by atoms with E-state index in [1.165, 1.54) is 11.1 Å². The van der Waals surface area contributed by atoms with Gasteiger partial charge in [0.1, 0.15) is 5.82 Å². The van der Waals surface area contributed by atoms with Crippen molar-refractivity contribution in [1.82, 2.24) is 10.2 Å². The molecular formula is C14H17N3. The van der Waals surface area contributed by atoms with E-state index in [9.17, 15) is 0 Å². The van der Waals surface area contributed by atoms with Crippen LogP contribution in [0.3, 0.4) is 0 Å². The van der Waals surface area contributed by atoms with E-state index in [1.54, 1.807) is 0 Å². The van der Waals surface area contributed by atoms with Crippen LogP contribution in [0.1, 0.15) is 22.3 Å². The van der Waals surface area contributed by atoms with Crippen LogP contribution in [0.4, 0.5) is 5.82 Å². The second-order valence-corrected chi connectivity index (χ2v) is 4.43. The molecule has 0 aliphatic heterocycles. The van der Waals surface area contributed by atoms with Gasteiger partial charge in [-0.1, -0.05) is 18.2 Å². The lowest BCUT2D eigenvalue weighted by Crippen LogP contribution is -2.03. The molecule has 1 heterocycles. The molecule has 2 rings (SSSR count). The summed E-state index contributed by atoms with van der Waals surface area (Å²) in [6, 6.07) is 6.23. The van der Waals surface area contributed by atoms with Gasteiger partial charge >= 0.3 is 0 Å². The lowest BCUT2D eigenvalue weighted by molar-refractivity contribution is 1.01. The van der Waals surface area contributed by atoms with Crippen molar-refractivity contribution >= 4 is 5.82 Å². The molecular weight excluding hydrogens is 210 g/mol. The molecule has 0 amide bonds. The van der Waals surface area contributed by atoms with E-state index in [1.807, 2.05) is 19.9 Å². The highest BCUT2D eigenvalue weighted by atomic mass is 15.1. The van der Waals surface area contributed by atoms with Crippen molar-refractivity contribution in [3.63, 3.8) is 0 Å². The summed E-state index contributed by atoms with van der Waals surface area (Å²) in [5.41, 5.74) is 12.4. The second-order valence-electron chi connectivity index (χ2n) is 4.43. The highest BCUT2D eigenvalue weighted by molar-refractivity contribution is 5.69. The Bertz CT molecular complexity index is 574. The van der Waals surface area contributed by atoms with Crippen molar-refractivity contribution in [2.45, 2.75) is 27.7 Å². The molecule has 0 bridgehead atoms. The van der Waals surface area contributed by atoms with Gasteiger partial charge in [-0.15, -0.1) is 10.2 Å². The van der Waals surface area contributed by atoms with Crippen LogP contribution in [0.25, 0.3) is 11.3 Å². The molecule has 0 fully saturated rings. The summed E-state index contributed by atoms with van der Waals surface area (Å²) in [7, 11) is 0. The highest BCUT2D eigenvalue weighted by Crippen LogP contribution is 2.28. The van der Waals surface area contributed by atoms with Crippen LogP contribution in [-0.4, -0.2) is 10.2 Å². The molecule has 0 unspecified atom stereocenters. The van der Waals surface area contributed by atoms with Crippen molar-refractivity contribution in [2.24, 2.45) is 0 Å². The molecule has 2 N–H and O–H groups in total. The van der Waals surface area contributed by atoms with E-state index < -0.39 is 0 Å². The van der Waals surface area contributed by atoms with Gasteiger partial charge in [0, 0.05) is 5.56 Å². The molecule has 17 heavy (non-hydrogen) atoms. The summed E-state index contributed by atoms with van der Waals surface area (Å²) in [4.78, 5) is 0. The first-order valence-electron chi connectivity index (χ1n) is 5.68. The zero-order valence-corrected chi connectivity index (χ0v) is 10.7. The number of anilines is 1. The minimum Gasteiger partial charge on any atom is -0.382 e. The normalized spacial score (nSPS) is 10.6. The van der Waals surface area contributed by atoms with Crippen LogP contribution in [0.2, 0.25) is 0 Å². The fourth-order valence-corrected chi connectivity index (χ4v) is 1.89. The summed E-state index contributed by atoms with van der Waals surface area (Å²) < 4.78 is 0. The molecule has 0 spiro atoms. The first kappa shape index (κ1) is 11.6. The third-order valence-corrected chi connectivity index (χ3v) is 3.42. The largest absolute Gasteiger partial charge is 0.382 e. The van der Waals surface area contributed by atoms with Gasteiger partial charge in [-0.25, -0.2) is 0 Å². The Morgan fingerprint density at radius 3 is 2.29 bits per heavy atom. The molecule has 3 nitrogen and oxygen atoms in total. The fraction of sp³-hybridized carbons (Fsp3) is 0.286. The average molecular weight is 227 g/mol. The fourth-order valence-electron chi connectivity index (χ4n) is 1.89. The molecule has 0 radical (unpaired) electrons. The Balaban J connectivity index is 2.69. The number of aryl methyl sites for hydroxylation is 1. The molecule has 0 aliphatic carbocycles. The number of hydrogen-bond acceptors (Lipinski definition) is 3. The van der Waals surface area contributed by atoms with Gasteiger partial charge in [-0.05, 0) is 49.9 Å². The summed E-state index contributed by atoms with van der Waals surface area (Å²) in [5, 5.41) is 8.25. The maximum absolute atomic E-state index is 5.76. The van der Waals surface area contributed by atoms with E-state index in [2.05, 4.69) is 36.2 Å². The average Bonchev–Trinajstić information content (AvgIpc) is 2.31. The number of benzene rings is 1. The number of nitrogen functional groups attached to an aromatic ring is 1. The Morgan fingerprint density at radius 1 is 0.882 bits per heavy atom. The number of hydrogen-bond donors (Lipinski definition) is 1. The molecule has 88 valence electrons. The van der Waals surface area contributed by atoms with Crippen molar-refractivity contribution in [3.05, 3.63) is 40.5 Å². The Labute approximate surface area is 102 Å². The van der Waals surface area contributed by atoms with Gasteiger partial charge < -0.3 is 5.73 Å². The zero-order chi connectivity index (χ0) is 12.6. The van der Waals surface area contributed by atoms with Crippen molar-refractivity contribution in [2.75, 3.05) is 5.73 Å².